The molecule has 3 heterocycles. The molecule has 1 aliphatic carbocycles. The highest BCUT2D eigenvalue weighted by atomic mass is 32.2. The Morgan fingerprint density at radius 1 is 1.28 bits per heavy atom. The molecule has 4 rings (SSSR count). The van der Waals surface area contributed by atoms with E-state index in [2.05, 4.69) is 40.2 Å². The summed E-state index contributed by atoms with van der Waals surface area (Å²) in [5.74, 6) is 2.67. The lowest BCUT2D eigenvalue weighted by molar-refractivity contribution is 0.463. The van der Waals surface area contributed by atoms with Crippen LogP contribution in [0, 0.1) is 5.92 Å². The largest absolute Gasteiger partial charge is 0.504 e. The van der Waals surface area contributed by atoms with Crippen LogP contribution in [0.4, 0.5) is 17.3 Å². The first-order chi connectivity index (χ1) is 15.4. The zero-order valence-corrected chi connectivity index (χ0v) is 21.9. The number of furan rings is 1. The molecule has 1 atom stereocenters. The molecule has 0 bridgehead atoms. The Kier molecular flexibility index (Phi) is 10.6. The summed E-state index contributed by atoms with van der Waals surface area (Å²) in [6.07, 6.45) is 3.71. The minimum Gasteiger partial charge on any atom is -0.504 e. The number of hydrogen-bond acceptors (Lipinski definition) is 9. The van der Waals surface area contributed by atoms with Gasteiger partial charge in [-0.3, -0.25) is 0 Å². The minimum atomic E-state index is -1.36. The van der Waals surface area contributed by atoms with Gasteiger partial charge in [-0.25, -0.2) is 8.51 Å². The Balaban J connectivity index is 0.000000547. The second-order valence-corrected chi connectivity index (χ2v) is 10.7. The highest BCUT2D eigenvalue weighted by Crippen LogP contribution is 2.41. The molecule has 0 amide bonds. The fourth-order valence-corrected chi connectivity index (χ4v) is 5.30. The maximum atomic E-state index is 12.6. The summed E-state index contributed by atoms with van der Waals surface area (Å²) < 4.78 is 28.5. The molecule has 8 nitrogen and oxygen atoms in total. The topological polar surface area (TPSA) is 104 Å². The molecule has 11 heteroatoms. The summed E-state index contributed by atoms with van der Waals surface area (Å²) in [5, 5.41) is 18.4. The van der Waals surface area contributed by atoms with E-state index in [1.165, 1.54) is 11.3 Å². The average Bonchev–Trinajstić information content (AvgIpc) is 3.13. The smallest absolute Gasteiger partial charge is 0.188 e. The van der Waals surface area contributed by atoms with Crippen molar-refractivity contribution in [2.45, 2.75) is 64.3 Å². The molecular weight excluding hydrogens is 466 g/mol. The third-order valence-electron chi connectivity index (χ3n) is 3.97. The Morgan fingerprint density at radius 2 is 1.94 bits per heavy atom. The van der Waals surface area contributed by atoms with Gasteiger partial charge in [-0.2, -0.15) is 8.75 Å². The molecule has 178 valence electrons. The van der Waals surface area contributed by atoms with Crippen LogP contribution in [0.5, 0.6) is 5.75 Å². The van der Waals surface area contributed by atoms with Gasteiger partial charge in [0.25, 0.3) is 0 Å². The number of anilines is 3. The molecule has 0 aliphatic heterocycles. The number of nitrogens with zero attached hydrogens (tertiary/aromatic N) is 3. The molecule has 0 aromatic carbocycles. The Labute approximate surface area is 201 Å². The standard InChI is InChI=1S/C15H17N5O3S3.C4H10.C2H6/c1-20(9-4-5-9)26(22)15-12(21)11(8-24-15)17-14-13(18-25-19-14)16-7-10-3-2-6-23-10;1-4(2)3;1-2/h2-3,6,8-9,21H,4-5,7H2,1H3,(H,16,18)(H,17,19);4H,1-3H3;1-2H3. The Morgan fingerprint density at radius 3 is 2.53 bits per heavy atom. The van der Waals surface area contributed by atoms with Gasteiger partial charge < -0.3 is 20.2 Å². The van der Waals surface area contributed by atoms with Crippen LogP contribution in [0.3, 0.4) is 0 Å². The molecule has 0 radical (unpaired) electrons. The number of nitrogens with one attached hydrogen (secondary N) is 2. The number of thiophene rings is 1. The van der Waals surface area contributed by atoms with Gasteiger partial charge in [0.2, 0.25) is 0 Å². The van der Waals surface area contributed by atoms with E-state index in [9.17, 15) is 9.32 Å². The lowest BCUT2D eigenvalue weighted by atomic mass is 10.3. The van der Waals surface area contributed by atoms with E-state index in [0.29, 0.717) is 34.1 Å². The molecule has 1 unspecified atom stereocenters. The molecule has 1 saturated carbocycles. The first kappa shape index (κ1) is 26.3. The molecular formula is C21H33N5O3S3. The third kappa shape index (κ3) is 7.58. The molecule has 32 heavy (non-hydrogen) atoms. The lowest BCUT2D eigenvalue weighted by Gasteiger charge is -2.13. The van der Waals surface area contributed by atoms with Gasteiger partial charge in [-0.05, 0) is 30.9 Å². The Bertz CT molecular complexity index is 949. The summed E-state index contributed by atoms with van der Waals surface area (Å²) in [6, 6.07) is 4.02. The van der Waals surface area contributed by atoms with E-state index in [4.69, 9.17) is 4.42 Å². The van der Waals surface area contributed by atoms with Crippen molar-refractivity contribution >= 4 is 51.4 Å². The average molecular weight is 500 g/mol. The van der Waals surface area contributed by atoms with Crippen molar-refractivity contribution in [3.8, 4) is 5.75 Å². The van der Waals surface area contributed by atoms with Crippen LogP contribution in [0.2, 0.25) is 0 Å². The fraction of sp³-hybridized carbons (Fsp3) is 0.524. The van der Waals surface area contributed by atoms with Gasteiger partial charge >= 0.3 is 0 Å². The summed E-state index contributed by atoms with van der Waals surface area (Å²) >= 11 is 2.32. The molecule has 1 aliphatic rings. The zero-order valence-electron chi connectivity index (χ0n) is 19.4. The maximum Gasteiger partial charge on any atom is 0.188 e. The maximum absolute atomic E-state index is 12.6. The highest BCUT2D eigenvalue weighted by Gasteiger charge is 2.32. The van der Waals surface area contributed by atoms with Crippen molar-refractivity contribution < 1.29 is 13.7 Å². The van der Waals surface area contributed by atoms with Gasteiger partial charge in [0.15, 0.2) is 21.6 Å². The molecule has 3 aromatic rings. The van der Waals surface area contributed by atoms with E-state index in [0.717, 1.165) is 36.2 Å². The molecule has 3 N–H and O–H groups in total. The second-order valence-electron chi connectivity index (χ2n) is 7.56. The van der Waals surface area contributed by atoms with Crippen molar-refractivity contribution in [2.75, 3.05) is 17.7 Å². The number of rotatable bonds is 8. The van der Waals surface area contributed by atoms with Crippen LogP contribution in [-0.4, -0.2) is 35.5 Å². The summed E-state index contributed by atoms with van der Waals surface area (Å²) in [5.41, 5.74) is 0.469. The monoisotopic (exact) mass is 499 g/mol. The fourth-order valence-electron chi connectivity index (χ4n) is 2.35. The minimum absolute atomic E-state index is 0.00850. The Hall–Kier alpha value is -1.95. The van der Waals surface area contributed by atoms with Gasteiger partial charge in [-0.15, -0.1) is 11.3 Å². The number of hydrogen-bond donors (Lipinski definition) is 3. The molecule has 1 fully saturated rings. The van der Waals surface area contributed by atoms with Crippen LogP contribution >= 0.6 is 23.1 Å². The SMILES string of the molecule is CC.CC(C)C.CN(C1CC1)S(=O)c1scc(Nc2nsnc2NCc2ccco2)c1O. The first-order valence-electron chi connectivity index (χ1n) is 10.7. The van der Waals surface area contributed by atoms with E-state index >= 15 is 0 Å². The van der Waals surface area contributed by atoms with Crippen molar-refractivity contribution in [1.29, 1.82) is 0 Å². The lowest BCUT2D eigenvalue weighted by Crippen LogP contribution is -2.22. The van der Waals surface area contributed by atoms with Crippen LogP contribution < -0.4 is 10.6 Å². The second kappa shape index (κ2) is 12.9. The van der Waals surface area contributed by atoms with Crippen LogP contribution in [-0.2, 0) is 17.5 Å². The normalized spacial score (nSPS) is 13.8. The number of aromatic nitrogens is 2. The van der Waals surface area contributed by atoms with Crippen molar-refractivity contribution in [2.24, 2.45) is 5.92 Å². The third-order valence-corrected chi connectivity index (χ3v) is 7.30. The number of aromatic hydroxyl groups is 1. The molecule has 0 spiro atoms. The van der Waals surface area contributed by atoms with Gasteiger partial charge in [0, 0.05) is 18.5 Å². The van der Waals surface area contributed by atoms with E-state index in [-0.39, 0.29) is 5.75 Å². The quantitative estimate of drug-likeness (QED) is 0.346. The van der Waals surface area contributed by atoms with Crippen LogP contribution in [0.1, 0.15) is 53.2 Å². The van der Waals surface area contributed by atoms with Crippen molar-refractivity contribution in [3.63, 3.8) is 0 Å². The first-order valence-corrected chi connectivity index (χ1v) is 13.4. The molecule has 3 aromatic heterocycles. The van der Waals surface area contributed by atoms with Crippen LogP contribution in [0.15, 0.2) is 32.4 Å². The van der Waals surface area contributed by atoms with Crippen molar-refractivity contribution in [3.05, 3.63) is 29.5 Å². The summed E-state index contributed by atoms with van der Waals surface area (Å²) in [4.78, 5) is 0. The molecule has 0 saturated heterocycles. The summed E-state index contributed by atoms with van der Waals surface area (Å²) in [6.45, 7) is 11.0. The van der Waals surface area contributed by atoms with Gasteiger partial charge in [-0.1, -0.05) is 34.6 Å². The van der Waals surface area contributed by atoms with E-state index < -0.39 is 11.0 Å². The van der Waals surface area contributed by atoms with Crippen LogP contribution in [0.25, 0.3) is 0 Å². The predicted molar refractivity (Wildman–Crippen MR) is 134 cm³/mol. The van der Waals surface area contributed by atoms with Gasteiger partial charge in [0.05, 0.1) is 30.2 Å². The predicted octanol–water partition coefficient (Wildman–Crippen LogP) is 6.06. The highest BCUT2D eigenvalue weighted by molar-refractivity contribution is 7.85. The zero-order chi connectivity index (χ0) is 23.7. The van der Waals surface area contributed by atoms with Crippen molar-refractivity contribution in [1.82, 2.24) is 13.1 Å². The summed E-state index contributed by atoms with van der Waals surface area (Å²) in [7, 11) is 0.457. The van der Waals surface area contributed by atoms with E-state index in [1.807, 2.05) is 33.0 Å². The van der Waals surface area contributed by atoms with Gasteiger partial charge in [0.1, 0.15) is 16.7 Å². The van der Waals surface area contributed by atoms with E-state index in [1.54, 1.807) is 15.9 Å².